The molecule has 0 aliphatic heterocycles. The smallest absolute Gasteiger partial charge is 0.114 e. The Morgan fingerprint density at radius 2 is 0.871 bits per heavy atom. The first-order chi connectivity index (χ1) is 28.7. The molecular weight excluding hydrogens is 777 g/mol. The SMILES string of the molecule is C[C@@H](CCCC(C)(C)O)C1CCC2/C(=C/C=C3C[C@@H](O)C(C)(O)[C@H](O)C3)CCCC21C.C[C@@H](CCCC(C)(C)O)C1CCC2/C(=C/C=C3C[C@@H](O)C(C)(O)[C@H](O)C3)CCCC21C. The van der Waals surface area contributed by atoms with Gasteiger partial charge in [0.1, 0.15) is 11.2 Å². The lowest BCUT2D eigenvalue weighted by atomic mass is 9.60. The molecule has 8 nitrogen and oxygen atoms in total. The first-order valence-electron chi connectivity index (χ1n) is 25.1. The third-order valence-electron chi connectivity index (χ3n) is 17.9. The normalized spacial score (nSPS) is 41.3. The summed E-state index contributed by atoms with van der Waals surface area (Å²) in [7, 11) is 0. The third kappa shape index (κ3) is 12.1. The van der Waals surface area contributed by atoms with E-state index < -0.39 is 46.8 Å². The van der Waals surface area contributed by atoms with Crippen molar-refractivity contribution in [3.8, 4) is 0 Å². The van der Waals surface area contributed by atoms with Crippen LogP contribution in [0.5, 0.6) is 0 Å². The zero-order valence-electron chi connectivity index (χ0n) is 40.8. The Balaban J connectivity index is 0.000000234. The quantitative estimate of drug-likeness (QED) is 0.0962. The third-order valence-corrected chi connectivity index (χ3v) is 17.9. The highest BCUT2D eigenvalue weighted by molar-refractivity contribution is 5.29. The van der Waals surface area contributed by atoms with Crippen LogP contribution in [0.4, 0.5) is 0 Å². The maximum absolute atomic E-state index is 10.2. The van der Waals surface area contributed by atoms with Gasteiger partial charge in [0.05, 0.1) is 35.6 Å². The van der Waals surface area contributed by atoms with Crippen LogP contribution >= 0.6 is 0 Å². The van der Waals surface area contributed by atoms with Gasteiger partial charge in [-0.05, 0) is 191 Å². The van der Waals surface area contributed by atoms with Gasteiger partial charge < -0.3 is 40.9 Å². The minimum atomic E-state index is -1.42. The van der Waals surface area contributed by atoms with Gasteiger partial charge in [-0.1, -0.05) is 100.0 Å². The van der Waals surface area contributed by atoms with Crippen molar-refractivity contribution in [2.24, 2.45) is 46.3 Å². The number of allylic oxidation sites excluding steroid dienone is 6. The van der Waals surface area contributed by atoms with Gasteiger partial charge in [-0.3, -0.25) is 0 Å². The molecule has 8 N–H and O–H groups in total. The molecule has 0 radical (unpaired) electrons. The van der Waals surface area contributed by atoms with Crippen molar-refractivity contribution in [1.82, 2.24) is 0 Å². The van der Waals surface area contributed by atoms with Crippen molar-refractivity contribution in [3.63, 3.8) is 0 Å². The number of hydrogen-bond donors (Lipinski definition) is 8. The van der Waals surface area contributed by atoms with Crippen molar-refractivity contribution in [2.45, 2.75) is 244 Å². The van der Waals surface area contributed by atoms with E-state index in [2.05, 4.69) is 52.0 Å². The summed E-state index contributed by atoms with van der Waals surface area (Å²) >= 11 is 0. The highest BCUT2D eigenvalue weighted by Gasteiger charge is 2.52. The van der Waals surface area contributed by atoms with E-state index in [0.29, 0.717) is 60.2 Å². The maximum atomic E-state index is 10.2. The van der Waals surface area contributed by atoms with Crippen LogP contribution in [0.2, 0.25) is 0 Å². The van der Waals surface area contributed by atoms with E-state index in [0.717, 1.165) is 61.5 Å². The molecule has 6 saturated carbocycles. The summed E-state index contributed by atoms with van der Waals surface area (Å²) in [5, 5.41) is 81.5. The highest BCUT2D eigenvalue weighted by Crippen LogP contribution is 2.61. The predicted octanol–water partition coefficient (Wildman–Crippen LogP) is 9.80. The molecule has 0 bridgehead atoms. The standard InChI is InChI=1S/2C27H46O4/c2*1-18(8-6-14-25(2,3)30)21-12-13-22-20(9-7-15-26(21,22)4)11-10-19-16-23(28)27(5,31)24(29)17-19/h2*10-11,18,21-24,28-31H,6-9,12-17H2,1-5H3/b2*19-10?,20-11+/t2*18-,21?,22?,23+,24+,26?,27?/m00/s1. The zero-order valence-corrected chi connectivity index (χ0v) is 40.8. The second-order valence-corrected chi connectivity index (χ2v) is 24.0. The molecule has 0 aromatic rings. The fourth-order valence-electron chi connectivity index (χ4n) is 13.7. The molecule has 0 amide bonds. The van der Waals surface area contributed by atoms with Crippen molar-refractivity contribution in [1.29, 1.82) is 0 Å². The molecule has 6 unspecified atom stereocenters. The molecule has 6 aliphatic carbocycles. The fraction of sp³-hybridized carbons (Fsp3) is 0.852. The molecule has 8 heteroatoms. The highest BCUT2D eigenvalue weighted by atomic mass is 16.4. The zero-order chi connectivity index (χ0) is 46.1. The number of hydrogen-bond acceptors (Lipinski definition) is 8. The Hall–Kier alpha value is -1.36. The van der Waals surface area contributed by atoms with E-state index in [1.807, 2.05) is 27.7 Å². The van der Waals surface area contributed by atoms with E-state index in [1.54, 1.807) is 0 Å². The summed E-state index contributed by atoms with van der Waals surface area (Å²) in [4.78, 5) is 0. The lowest BCUT2D eigenvalue weighted by Crippen LogP contribution is -2.52. The average Bonchev–Trinajstić information content (AvgIpc) is 3.71. The summed E-state index contributed by atoms with van der Waals surface area (Å²) in [6.45, 7) is 20.5. The minimum absolute atomic E-state index is 0.353. The van der Waals surface area contributed by atoms with Crippen LogP contribution in [-0.2, 0) is 0 Å². The van der Waals surface area contributed by atoms with Crippen LogP contribution in [-0.4, -0.2) is 87.7 Å². The van der Waals surface area contributed by atoms with Crippen LogP contribution in [0.15, 0.2) is 46.6 Å². The number of aliphatic hydroxyl groups excluding tert-OH is 4. The summed E-state index contributed by atoms with van der Waals surface area (Å²) in [5.74, 6) is 4.10. The molecule has 0 spiro atoms. The largest absolute Gasteiger partial charge is 0.390 e. The Kier molecular flexibility index (Phi) is 16.9. The van der Waals surface area contributed by atoms with E-state index in [4.69, 9.17) is 0 Å². The Morgan fingerprint density at radius 3 is 1.18 bits per heavy atom. The molecule has 6 aliphatic rings. The number of fused-ring (bicyclic) bond motifs is 2. The first kappa shape index (κ1) is 51.6. The van der Waals surface area contributed by atoms with Gasteiger partial charge in [-0.2, -0.15) is 0 Å². The molecule has 6 fully saturated rings. The maximum Gasteiger partial charge on any atom is 0.114 e. The second-order valence-electron chi connectivity index (χ2n) is 24.0. The van der Waals surface area contributed by atoms with Gasteiger partial charge in [0.2, 0.25) is 0 Å². The number of rotatable bonds is 12. The van der Waals surface area contributed by atoms with Crippen molar-refractivity contribution >= 4 is 0 Å². The summed E-state index contributed by atoms with van der Waals surface area (Å²) < 4.78 is 0. The molecule has 0 saturated heterocycles. The van der Waals surface area contributed by atoms with E-state index in [1.165, 1.54) is 89.2 Å². The van der Waals surface area contributed by atoms with Crippen LogP contribution in [0, 0.1) is 46.3 Å². The first-order valence-corrected chi connectivity index (χ1v) is 25.1. The van der Waals surface area contributed by atoms with Crippen LogP contribution in [0.1, 0.15) is 198 Å². The second kappa shape index (κ2) is 20.2. The van der Waals surface area contributed by atoms with Crippen molar-refractivity contribution < 1.29 is 40.9 Å². The molecule has 356 valence electrons. The fourth-order valence-corrected chi connectivity index (χ4v) is 13.7. The lowest BCUT2D eigenvalue weighted by molar-refractivity contribution is -0.144. The molecule has 0 heterocycles. The van der Waals surface area contributed by atoms with Gasteiger partial charge in [-0.25, -0.2) is 0 Å². The summed E-state index contributed by atoms with van der Waals surface area (Å²) in [5.41, 5.74) is 1.86. The van der Waals surface area contributed by atoms with Crippen molar-refractivity contribution in [2.75, 3.05) is 0 Å². The van der Waals surface area contributed by atoms with Crippen LogP contribution in [0.25, 0.3) is 0 Å². The molecule has 62 heavy (non-hydrogen) atoms. The van der Waals surface area contributed by atoms with Gasteiger partial charge in [0.15, 0.2) is 0 Å². The van der Waals surface area contributed by atoms with Gasteiger partial charge >= 0.3 is 0 Å². The lowest BCUT2D eigenvalue weighted by Gasteiger charge is -2.44. The van der Waals surface area contributed by atoms with Gasteiger partial charge in [0.25, 0.3) is 0 Å². The molecule has 0 aromatic heterocycles. The van der Waals surface area contributed by atoms with Crippen LogP contribution < -0.4 is 0 Å². The summed E-state index contributed by atoms with van der Waals surface area (Å²) in [6.07, 6.45) is 25.6. The van der Waals surface area contributed by atoms with E-state index >= 15 is 0 Å². The number of aliphatic hydroxyl groups is 8. The van der Waals surface area contributed by atoms with Gasteiger partial charge in [-0.15, -0.1) is 0 Å². The topological polar surface area (TPSA) is 162 Å². The Morgan fingerprint density at radius 1 is 0.548 bits per heavy atom. The van der Waals surface area contributed by atoms with Crippen molar-refractivity contribution in [3.05, 3.63) is 46.6 Å². The molecular formula is C54H92O8. The van der Waals surface area contributed by atoms with E-state index in [-0.39, 0.29) is 0 Å². The molecule has 12 atom stereocenters. The van der Waals surface area contributed by atoms with Gasteiger partial charge in [0, 0.05) is 0 Å². The monoisotopic (exact) mass is 869 g/mol. The van der Waals surface area contributed by atoms with Crippen LogP contribution in [0.3, 0.4) is 0 Å². The van der Waals surface area contributed by atoms with E-state index in [9.17, 15) is 40.9 Å². The Bertz CT molecular complexity index is 1460. The molecule has 6 rings (SSSR count). The predicted molar refractivity (Wildman–Crippen MR) is 251 cm³/mol. The minimum Gasteiger partial charge on any atom is -0.390 e. The molecule has 0 aromatic carbocycles. The average molecular weight is 869 g/mol. The summed E-state index contributed by atoms with van der Waals surface area (Å²) in [6, 6.07) is 0. The Labute approximate surface area is 377 Å².